The molecule has 1 N–H and O–H groups in total. The molecule has 3 aromatic rings. The molecule has 0 saturated carbocycles. The Morgan fingerprint density at radius 2 is 1.77 bits per heavy atom. The van der Waals surface area contributed by atoms with Gasteiger partial charge in [0.25, 0.3) is 0 Å². The first-order valence-corrected chi connectivity index (χ1v) is 12.2. The molecule has 2 aromatic carbocycles. The van der Waals surface area contributed by atoms with Gasteiger partial charge in [-0.3, -0.25) is 4.79 Å². The molecule has 1 aliphatic heterocycles. The highest BCUT2D eigenvalue weighted by atomic mass is 32.2. The first-order valence-electron chi connectivity index (χ1n) is 9.77. The van der Waals surface area contributed by atoms with Gasteiger partial charge < -0.3 is 5.32 Å². The van der Waals surface area contributed by atoms with Gasteiger partial charge in [0.2, 0.25) is 15.9 Å². The van der Waals surface area contributed by atoms with Crippen LogP contribution < -0.4 is 5.32 Å². The molecule has 2 heterocycles. The Hall–Kier alpha value is -2.49. The summed E-state index contributed by atoms with van der Waals surface area (Å²) in [6.45, 7) is 1.13. The van der Waals surface area contributed by atoms with Crippen LogP contribution >= 0.6 is 11.8 Å². The van der Waals surface area contributed by atoms with Crippen LogP contribution in [0, 0.1) is 0 Å². The first-order chi connectivity index (χ1) is 14.5. The Balaban J connectivity index is 1.38. The molecule has 0 radical (unpaired) electrons. The van der Waals surface area contributed by atoms with E-state index in [1.54, 1.807) is 30.5 Å². The molecule has 9 heteroatoms. The highest BCUT2D eigenvalue weighted by molar-refractivity contribution is 8.00. The van der Waals surface area contributed by atoms with Crippen LogP contribution in [0.3, 0.4) is 0 Å². The third kappa shape index (κ3) is 4.63. The molecule has 1 amide bonds. The van der Waals surface area contributed by atoms with E-state index in [-0.39, 0.29) is 16.6 Å². The fraction of sp³-hybridized carbons (Fsp3) is 0.286. The van der Waals surface area contributed by atoms with Crippen molar-refractivity contribution in [3.05, 3.63) is 54.7 Å². The van der Waals surface area contributed by atoms with Crippen molar-refractivity contribution in [2.24, 2.45) is 0 Å². The molecule has 0 atom stereocenters. The number of carbonyl (C=O) groups excluding carboxylic acids is 1. The lowest BCUT2D eigenvalue weighted by atomic mass is 10.2. The zero-order valence-corrected chi connectivity index (χ0v) is 18.0. The van der Waals surface area contributed by atoms with Gasteiger partial charge in [-0.05, 0) is 37.1 Å². The Labute approximate surface area is 179 Å². The van der Waals surface area contributed by atoms with Crippen molar-refractivity contribution in [3.63, 3.8) is 0 Å². The lowest BCUT2D eigenvalue weighted by Gasteiger charge is -2.25. The number of benzene rings is 2. The fourth-order valence-electron chi connectivity index (χ4n) is 3.40. The van der Waals surface area contributed by atoms with E-state index >= 15 is 0 Å². The van der Waals surface area contributed by atoms with Crippen molar-refractivity contribution < 1.29 is 13.2 Å². The summed E-state index contributed by atoms with van der Waals surface area (Å²) in [5.74, 6) is -0.0161. The summed E-state index contributed by atoms with van der Waals surface area (Å²) < 4.78 is 27.0. The molecule has 0 unspecified atom stereocenters. The maximum absolute atomic E-state index is 12.7. The van der Waals surface area contributed by atoms with E-state index < -0.39 is 10.0 Å². The molecule has 0 spiro atoms. The monoisotopic (exact) mass is 442 g/mol. The van der Waals surface area contributed by atoms with Gasteiger partial charge in [0.15, 0.2) is 0 Å². The van der Waals surface area contributed by atoms with Crippen molar-refractivity contribution in [1.82, 2.24) is 14.5 Å². The Bertz CT molecular complexity index is 1140. The van der Waals surface area contributed by atoms with Gasteiger partial charge in [0, 0.05) is 29.5 Å². The predicted octanol–water partition coefficient (Wildman–Crippen LogP) is 3.54. The number of hydrogen-bond acceptors (Lipinski definition) is 6. The van der Waals surface area contributed by atoms with Crippen LogP contribution in [0.25, 0.3) is 10.8 Å². The Morgan fingerprint density at radius 3 is 2.53 bits per heavy atom. The number of hydrogen-bond donors (Lipinski definition) is 1. The smallest absolute Gasteiger partial charge is 0.243 e. The minimum absolute atomic E-state index is 0.177. The summed E-state index contributed by atoms with van der Waals surface area (Å²) in [6.07, 6.45) is 4.55. The SMILES string of the molecule is O=C(CSc1nncc2ccccc12)Nc1ccc(S(=O)(=O)N2CCCCC2)cc1. The summed E-state index contributed by atoms with van der Waals surface area (Å²) in [4.78, 5) is 12.6. The van der Waals surface area contributed by atoms with Crippen LogP contribution in [0.1, 0.15) is 19.3 Å². The van der Waals surface area contributed by atoms with Crippen LogP contribution in [0.2, 0.25) is 0 Å². The molecule has 1 saturated heterocycles. The molecule has 0 bridgehead atoms. The van der Waals surface area contributed by atoms with E-state index in [2.05, 4.69) is 15.5 Å². The summed E-state index contributed by atoms with van der Waals surface area (Å²) in [5, 5.41) is 13.5. The second-order valence-corrected chi connectivity index (χ2v) is 9.96. The number of nitrogens with zero attached hydrogens (tertiary/aromatic N) is 3. The molecular formula is C21H22N4O3S2. The van der Waals surface area contributed by atoms with Gasteiger partial charge in [-0.2, -0.15) is 9.40 Å². The van der Waals surface area contributed by atoms with Crippen molar-refractivity contribution in [3.8, 4) is 0 Å². The highest BCUT2D eigenvalue weighted by Gasteiger charge is 2.25. The van der Waals surface area contributed by atoms with Crippen molar-refractivity contribution in [2.75, 3.05) is 24.2 Å². The van der Waals surface area contributed by atoms with Gasteiger partial charge in [-0.25, -0.2) is 8.42 Å². The second-order valence-electron chi connectivity index (χ2n) is 7.06. The van der Waals surface area contributed by atoms with Crippen molar-refractivity contribution in [2.45, 2.75) is 29.2 Å². The van der Waals surface area contributed by atoms with E-state index in [4.69, 9.17) is 0 Å². The van der Waals surface area contributed by atoms with E-state index in [9.17, 15) is 13.2 Å². The summed E-state index contributed by atoms with van der Waals surface area (Å²) in [6, 6.07) is 14.1. The van der Waals surface area contributed by atoms with Gasteiger partial charge in [0.05, 0.1) is 16.8 Å². The molecule has 1 fully saturated rings. The minimum Gasteiger partial charge on any atom is -0.325 e. The molecule has 1 aromatic heterocycles. The topological polar surface area (TPSA) is 92.3 Å². The molecular weight excluding hydrogens is 420 g/mol. The Kier molecular flexibility index (Phi) is 6.31. The average Bonchev–Trinajstić information content (AvgIpc) is 2.78. The van der Waals surface area contributed by atoms with Crippen LogP contribution in [0.4, 0.5) is 5.69 Å². The molecule has 30 heavy (non-hydrogen) atoms. The number of carbonyl (C=O) groups is 1. The summed E-state index contributed by atoms with van der Waals surface area (Å²) in [7, 11) is -3.47. The van der Waals surface area contributed by atoms with Crippen LogP contribution in [0.5, 0.6) is 0 Å². The normalized spacial score (nSPS) is 15.2. The highest BCUT2D eigenvalue weighted by Crippen LogP contribution is 2.25. The van der Waals surface area contributed by atoms with E-state index in [0.29, 0.717) is 23.8 Å². The quantitative estimate of drug-likeness (QED) is 0.587. The standard InChI is InChI=1S/C21H22N4O3S2/c26-20(15-29-21-19-7-3-2-6-16(19)14-22-24-21)23-17-8-10-18(11-9-17)30(27,28)25-12-4-1-5-13-25/h2-3,6-11,14H,1,4-5,12-13,15H2,(H,23,26). The number of thioether (sulfide) groups is 1. The fourth-order valence-corrected chi connectivity index (χ4v) is 5.71. The molecule has 156 valence electrons. The second kappa shape index (κ2) is 9.11. The molecule has 0 aliphatic carbocycles. The number of rotatable bonds is 6. The third-order valence-corrected chi connectivity index (χ3v) is 7.86. The maximum Gasteiger partial charge on any atom is 0.243 e. The van der Waals surface area contributed by atoms with Gasteiger partial charge in [-0.15, -0.1) is 5.10 Å². The van der Waals surface area contributed by atoms with Crippen LogP contribution in [-0.4, -0.2) is 47.7 Å². The maximum atomic E-state index is 12.7. The number of sulfonamides is 1. The predicted molar refractivity (Wildman–Crippen MR) is 118 cm³/mol. The van der Waals surface area contributed by atoms with Gasteiger partial charge in [-0.1, -0.05) is 42.4 Å². The van der Waals surface area contributed by atoms with Crippen molar-refractivity contribution >= 4 is 44.2 Å². The number of fused-ring (bicyclic) bond motifs is 1. The van der Waals surface area contributed by atoms with Crippen LogP contribution in [-0.2, 0) is 14.8 Å². The van der Waals surface area contributed by atoms with E-state index in [1.165, 1.54) is 16.1 Å². The van der Waals surface area contributed by atoms with E-state index in [1.807, 2.05) is 24.3 Å². The summed E-state index contributed by atoms with van der Waals surface area (Å²) in [5.41, 5.74) is 0.558. The average molecular weight is 443 g/mol. The zero-order valence-electron chi connectivity index (χ0n) is 16.3. The lowest BCUT2D eigenvalue weighted by Crippen LogP contribution is -2.35. The number of amides is 1. The van der Waals surface area contributed by atoms with Crippen molar-refractivity contribution in [1.29, 1.82) is 0 Å². The molecule has 4 rings (SSSR count). The minimum atomic E-state index is -3.47. The third-order valence-electron chi connectivity index (χ3n) is 4.97. The number of piperidine rings is 1. The van der Waals surface area contributed by atoms with Gasteiger partial charge in [0.1, 0.15) is 5.03 Å². The zero-order chi connectivity index (χ0) is 21.0. The van der Waals surface area contributed by atoms with E-state index in [0.717, 1.165) is 30.0 Å². The van der Waals surface area contributed by atoms with Gasteiger partial charge >= 0.3 is 0 Å². The lowest BCUT2D eigenvalue weighted by molar-refractivity contribution is -0.113. The molecule has 1 aliphatic rings. The number of aromatic nitrogens is 2. The number of nitrogens with one attached hydrogen (secondary N) is 1. The first kappa shape index (κ1) is 20.8. The molecule has 7 nitrogen and oxygen atoms in total. The van der Waals surface area contributed by atoms with Crippen LogP contribution in [0.15, 0.2) is 64.6 Å². The largest absolute Gasteiger partial charge is 0.325 e. The Morgan fingerprint density at radius 1 is 1.03 bits per heavy atom. The number of anilines is 1. The summed E-state index contributed by atoms with van der Waals surface area (Å²) >= 11 is 1.32.